The van der Waals surface area contributed by atoms with E-state index in [0.717, 1.165) is 0 Å². The van der Waals surface area contributed by atoms with E-state index >= 15 is 0 Å². The number of halogens is 1. The number of benzene rings is 1. The molecule has 24 heavy (non-hydrogen) atoms. The highest BCUT2D eigenvalue weighted by Gasteiger charge is 2.19. The van der Waals surface area contributed by atoms with Crippen molar-refractivity contribution < 1.29 is 18.1 Å². The summed E-state index contributed by atoms with van der Waals surface area (Å²) in [6.07, 6.45) is 1.54. The molecule has 0 saturated carbocycles. The van der Waals surface area contributed by atoms with E-state index in [2.05, 4.69) is 15.5 Å². The van der Waals surface area contributed by atoms with Crippen LogP contribution in [-0.2, 0) is 4.79 Å². The summed E-state index contributed by atoms with van der Waals surface area (Å²) in [5, 5.41) is 6.23. The number of nitrogens with zero attached hydrogens (tertiary/aromatic N) is 2. The zero-order valence-electron chi connectivity index (χ0n) is 12.9. The molecule has 124 valence electrons. The Bertz CT molecular complexity index is 844. The van der Waals surface area contributed by atoms with Gasteiger partial charge in [0.25, 0.3) is 5.22 Å². The topological polar surface area (TPSA) is 81.2 Å². The maximum absolute atomic E-state index is 12.9. The fraction of sp³-hybridized carbons (Fsp3) is 0.188. The number of aromatic nitrogens is 2. The smallest absolute Gasteiger partial charge is 0.256 e. The molecule has 0 fully saturated rings. The molecule has 0 unspecified atom stereocenters. The molecule has 1 aromatic carbocycles. The van der Waals surface area contributed by atoms with Crippen LogP contribution < -0.4 is 5.32 Å². The number of anilines is 1. The SMILES string of the molecule is Cc1cc(NC(=O)[C@@H](C)Sc2ncc(-c3ccc(F)cc3)o2)on1. The zero-order chi connectivity index (χ0) is 17.1. The van der Waals surface area contributed by atoms with Crippen molar-refractivity contribution in [1.82, 2.24) is 10.1 Å². The fourth-order valence-corrected chi connectivity index (χ4v) is 2.63. The van der Waals surface area contributed by atoms with Crippen molar-refractivity contribution in [3.05, 3.63) is 48.0 Å². The molecule has 0 aliphatic rings. The van der Waals surface area contributed by atoms with Gasteiger partial charge in [0, 0.05) is 11.6 Å². The molecule has 0 aliphatic heterocycles. The lowest BCUT2D eigenvalue weighted by Gasteiger charge is -2.07. The average molecular weight is 347 g/mol. The Balaban J connectivity index is 1.63. The van der Waals surface area contributed by atoms with Crippen LogP contribution in [0.3, 0.4) is 0 Å². The highest BCUT2D eigenvalue weighted by molar-refractivity contribution is 8.00. The second-order valence-corrected chi connectivity index (χ2v) is 6.37. The first-order valence-electron chi connectivity index (χ1n) is 7.14. The molecule has 3 rings (SSSR count). The molecule has 1 N–H and O–H groups in total. The summed E-state index contributed by atoms with van der Waals surface area (Å²) >= 11 is 1.17. The van der Waals surface area contributed by atoms with Gasteiger partial charge in [0.2, 0.25) is 11.8 Å². The molecule has 1 amide bonds. The molecule has 0 aliphatic carbocycles. The maximum atomic E-state index is 12.9. The Kier molecular flexibility index (Phi) is 4.66. The summed E-state index contributed by atoms with van der Waals surface area (Å²) < 4.78 is 23.5. The standard InChI is InChI=1S/C16H14FN3O3S/c1-9-7-14(23-20-9)19-15(21)10(2)24-16-18-8-13(22-16)11-3-5-12(17)6-4-11/h3-8,10H,1-2H3,(H,19,21)/t10-/m1/s1. The van der Waals surface area contributed by atoms with Gasteiger partial charge in [-0.3, -0.25) is 10.1 Å². The van der Waals surface area contributed by atoms with Crippen LogP contribution in [0.1, 0.15) is 12.6 Å². The Morgan fingerprint density at radius 2 is 2.08 bits per heavy atom. The highest BCUT2D eigenvalue weighted by Crippen LogP contribution is 2.28. The molecular formula is C16H14FN3O3S. The van der Waals surface area contributed by atoms with E-state index in [1.807, 2.05) is 0 Å². The van der Waals surface area contributed by atoms with Crippen LogP contribution in [0.2, 0.25) is 0 Å². The third kappa shape index (κ3) is 3.83. The predicted octanol–water partition coefficient (Wildman–Crippen LogP) is 3.90. The summed E-state index contributed by atoms with van der Waals surface area (Å²) in [4.78, 5) is 16.2. The molecule has 6 nitrogen and oxygen atoms in total. The Hall–Kier alpha value is -2.61. The first-order valence-corrected chi connectivity index (χ1v) is 8.02. The fourth-order valence-electron chi connectivity index (χ4n) is 1.91. The minimum atomic E-state index is -0.449. The highest BCUT2D eigenvalue weighted by atomic mass is 32.2. The maximum Gasteiger partial charge on any atom is 0.256 e. The van der Waals surface area contributed by atoms with Crippen molar-refractivity contribution in [1.29, 1.82) is 0 Å². The van der Waals surface area contributed by atoms with Crippen molar-refractivity contribution >= 4 is 23.6 Å². The summed E-state index contributed by atoms with van der Waals surface area (Å²) in [7, 11) is 0. The molecule has 0 radical (unpaired) electrons. The number of amides is 1. The number of oxazole rings is 1. The van der Waals surface area contributed by atoms with Gasteiger partial charge in [0.15, 0.2) is 5.76 Å². The predicted molar refractivity (Wildman–Crippen MR) is 87.1 cm³/mol. The van der Waals surface area contributed by atoms with Crippen molar-refractivity contribution in [2.24, 2.45) is 0 Å². The van der Waals surface area contributed by atoms with Gasteiger partial charge in [0.05, 0.1) is 17.1 Å². The third-order valence-corrected chi connectivity index (χ3v) is 4.09. The van der Waals surface area contributed by atoms with Crippen molar-refractivity contribution in [3.63, 3.8) is 0 Å². The van der Waals surface area contributed by atoms with Crippen molar-refractivity contribution in [2.45, 2.75) is 24.3 Å². The van der Waals surface area contributed by atoms with Crippen LogP contribution in [0.25, 0.3) is 11.3 Å². The number of hydrogen-bond donors (Lipinski definition) is 1. The van der Waals surface area contributed by atoms with Gasteiger partial charge < -0.3 is 8.94 Å². The van der Waals surface area contributed by atoms with E-state index in [4.69, 9.17) is 8.94 Å². The molecule has 2 heterocycles. The monoisotopic (exact) mass is 347 g/mol. The van der Waals surface area contributed by atoms with Crippen LogP contribution in [0.5, 0.6) is 0 Å². The molecule has 0 bridgehead atoms. The minimum Gasteiger partial charge on any atom is -0.431 e. The van der Waals surface area contributed by atoms with Gasteiger partial charge in [-0.2, -0.15) is 0 Å². The number of carbonyl (C=O) groups is 1. The number of thioether (sulfide) groups is 1. The minimum absolute atomic E-state index is 0.252. The first-order chi connectivity index (χ1) is 11.5. The largest absolute Gasteiger partial charge is 0.431 e. The summed E-state index contributed by atoms with van der Waals surface area (Å²) in [6, 6.07) is 7.53. The quantitative estimate of drug-likeness (QED) is 0.705. The summed E-state index contributed by atoms with van der Waals surface area (Å²) in [6.45, 7) is 3.49. The van der Waals surface area contributed by atoms with Gasteiger partial charge >= 0.3 is 0 Å². The van der Waals surface area contributed by atoms with Crippen LogP contribution in [0, 0.1) is 12.7 Å². The van der Waals surface area contributed by atoms with E-state index in [9.17, 15) is 9.18 Å². The summed E-state index contributed by atoms with van der Waals surface area (Å²) in [5.41, 5.74) is 1.40. The van der Waals surface area contributed by atoms with E-state index in [1.165, 1.54) is 23.9 Å². The second kappa shape index (κ2) is 6.88. The normalized spacial score (nSPS) is 12.1. The number of aryl methyl sites for hydroxylation is 1. The van der Waals surface area contributed by atoms with Gasteiger partial charge in [-0.25, -0.2) is 9.37 Å². The number of hydrogen-bond acceptors (Lipinski definition) is 6. The molecular weight excluding hydrogens is 333 g/mol. The molecule has 0 saturated heterocycles. The molecule has 0 spiro atoms. The second-order valence-electron chi connectivity index (χ2n) is 5.08. The lowest BCUT2D eigenvalue weighted by molar-refractivity contribution is -0.115. The van der Waals surface area contributed by atoms with E-state index in [1.54, 1.807) is 38.2 Å². The van der Waals surface area contributed by atoms with Crippen molar-refractivity contribution in [3.8, 4) is 11.3 Å². The lowest BCUT2D eigenvalue weighted by atomic mass is 10.2. The molecule has 3 aromatic rings. The Labute approximate surface area is 141 Å². The Morgan fingerprint density at radius 3 is 2.75 bits per heavy atom. The van der Waals surface area contributed by atoms with E-state index in [-0.39, 0.29) is 11.7 Å². The van der Waals surface area contributed by atoms with Gasteiger partial charge in [-0.05, 0) is 38.1 Å². The van der Waals surface area contributed by atoms with Crippen LogP contribution in [-0.4, -0.2) is 21.3 Å². The van der Waals surface area contributed by atoms with Crippen molar-refractivity contribution in [2.75, 3.05) is 5.32 Å². The number of rotatable bonds is 5. The average Bonchev–Trinajstić information content (AvgIpc) is 3.17. The number of carbonyl (C=O) groups excluding carboxylic acids is 1. The van der Waals surface area contributed by atoms with Crippen LogP contribution in [0.15, 0.2) is 50.7 Å². The van der Waals surface area contributed by atoms with Crippen LogP contribution >= 0.6 is 11.8 Å². The van der Waals surface area contributed by atoms with Crippen LogP contribution in [0.4, 0.5) is 10.3 Å². The van der Waals surface area contributed by atoms with Gasteiger partial charge in [-0.1, -0.05) is 16.9 Å². The summed E-state index contributed by atoms with van der Waals surface area (Å²) in [5.74, 6) is 0.235. The third-order valence-electron chi connectivity index (χ3n) is 3.13. The molecule has 1 atom stereocenters. The van der Waals surface area contributed by atoms with E-state index in [0.29, 0.717) is 28.1 Å². The van der Waals surface area contributed by atoms with Gasteiger partial charge in [0.1, 0.15) is 5.82 Å². The molecule has 2 aromatic heterocycles. The van der Waals surface area contributed by atoms with Gasteiger partial charge in [-0.15, -0.1) is 0 Å². The van der Waals surface area contributed by atoms with E-state index < -0.39 is 5.25 Å². The first kappa shape index (κ1) is 16.3. The zero-order valence-corrected chi connectivity index (χ0v) is 13.8. The molecule has 8 heteroatoms. The number of nitrogens with one attached hydrogen (secondary N) is 1. The Morgan fingerprint density at radius 1 is 1.33 bits per heavy atom. The lowest BCUT2D eigenvalue weighted by Crippen LogP contribution is -2.22.